The molecule has 1 fully saturated rings. The Balaban J connectivity index is 2.19. The molecule has 0 bridgehead atoms. The number of carbonyl (C=O) groups is 2. The minimum atomic E-state index is -1.59. The van der Waals surface area contributed by atoms with Crippen molar-refractivity contribution < 1.29 is 12.4 Å². The Labute approximate surface area is 108 Å². The van der Waals surface area contributed by atoms with Gasteiger partial charge >= 0.3 is 0 Å². The zero-order valence-corrected chi connectivity index (χ0v) is 10.3. The van der Waals surface area contributed by atoms with Crippen LogP contribution in [-0.4, -0.2) is 47.4 Å². The highest BCUT2D eigenvalue weighted by molar-refractivity contribution is 6.04. The number of rotatable bonds is 0. The molecule has 5 heteroatoms. The van der Waals surface area contributed by atoms with Crippen LogP contribution in [0.3, 0.4) is 0 Å². The summed E-state index contributed by atoms with van der Waals surface area (Å²) in [6.07, 6.45) is -1.59. The lowest BCUT2D eigenvalue weighted by molar-refractivity contribution is -0.139. The van der Waals surface area contributed by atoms with Gasteiger partial charge in [-0.1, -0.05) is 12.1 Å². The first kappa shape index (κ1) is 8.97. The molecule has 0 spiro atoms. The highest BCUT2D eigenvalue weighted by Gasteiger charge is 2.42. The number of anilines is 1. The van der Waals surface area contributed by atoms with Gasteiger partial charge in [0.05, 0.1) is 13.5 Å². The zero-order chi connectivity index (χ0) is 14.7. The van der Waals surface area contributed by atoms with Gasteiger partial charge in [-0.15, -0.1) is 0 Å². The minimum Gasteiger partial charge on any atom is -0.363 e. The van der Waals surface area contributed by atoms with Crippen LogP contribution in [0.15, 0.2) is 24.3 Å². The summed E-state index contributed by atoms with van der Waals surface area (Å²) in [6.45, 7) is 1.58. The van der Waals surface area contributed by atoms with Crippen LogP contribution in [0, 0.1) is 0 Å². The molecule has 1 saturated heterocycles. The van der Waals surface area contributed by atoms with Crippen LogP contribution in [0.5, 0.6) is 0 Å². The first-order valence-electron chi connectivity index (χ1n) is 6.79. The standard InChI is InChI=1S/C13H15N3O2/c1-8-12(17)15(2)7-11-14-10-6-4-3-5-9(10)13(18)16(8)11/h3-6,8,11,14H,7H2,1-2H3/t8-,11-/m0/s1/i11D/hD. The van der Waals surface area contributed by atoms with Crippen molar-refractivity contribution in [2.75, 3.05) is 18.9 Å². The first-order chi connectivity index (χ1) is 9.38. The van der Waals surface area contributed by atoms with Crippen molar-refractivity contribution in [2.24, 2.45) is 0 Å². The Morgan fingerprint density at radius 1 is 1.44 bits per heavy atom. The largest absolute Gasteiger partial charge is 0.363 e. The number of nitrogens with one attached hydrogen (secondary N) is 1. The highest BCUT2D eigenvalue weighted by atomic mass is 16.2. The molecule has 2 atom stereocenters. The van der Waals surface area contributed by atoms with Crippen LogP contribution >= 0.6 is 0 Å². The second-order valence-electron chi connectivity index (χ2n) is 4.59. The van der Waals surface area contributed by atoms with Gasteiger partial charge in [-0.3, -0.25) is 9.59 Å². The maximum atomic E-state index is 12.6. The van der Waals surface area contributed by atoms with E-state index in [1.807, 2.05) is 0 Å². The molecule has 2 aliphatic rings. The second kappa shape index (κ2) is 3.73. The van der Waals surface area contributed by atoms with E-state index in [1.54, 1.807) is 38.2 Å². The van der Waals surface area contributed by atoms with Crippen LogP contribution in [0.2, 0.25) is 1.41 Å². The predicted molar refractivity (Wildman–Crippen MR) is 67.1 cm³/mol. The van der Waals surface area contributed by atoms with Gasteiger partial charge in [0.25, 0.3) is 5.91 Å². The summed E-state index contributed by atoms with van der Waals surface area (Å²) in [4.78, 5) is 27.2. The maximum Gasteiger partial charge on any atom is 0.258 e. The molecule has 94 valence electrons. The van der Waals surface area contributed by atoms with Crippen LogP contribution in [-0.2, 0) is 4.79 Å². The van der Waals surface area contributed by atoms with Gasteiger partial charge in [0, 0.05) is 12.7 Å². The number of hydrogen-bond acceptors (Lipinski definition) is 3. The summed E-state index contributed by atoms with van der Waals surface area (Å²) in [7, 11) is 1.59. The van der Waals surface area contributed by atoms with Crippen molar-refractivity contribution in [3.05, 3.63) is 29.8 Å². The Hall–Kier alpha value is -2.04. The Bertz CT molecular complexity index is 609. The molecule has 0 aromatic heterocycles. The topological polar surface area (TPSA) is 52.7 Å². The van der Waals surface area contributed by atoms with E-state index in [9.17, 15) is 9.59 Å². The summed E-state index contributed by atoms with van der Waals surface area (Å²) in [5.41, 5.74) is 0.758. The normalized spacial score (nSPS) is 32.8. The minimum absolute atomic E-state index is 0.0141. The zero-order valence-electron chi connectivity index (χ0n) is 12.3. The molecule has 0 unspecified atom stereocenters. The maximum absolute atomic E-state index is 12.6. The van der Waals surface area contributed by atoms with E-state index in [1.165, 1.54) is 9.80 Å². The molecule has 2 heterocycles. The van der Waals surface area contributed by atoms with Crippen LogP contribution < -0.4 is 5.31 Å². The molecule has 1 N–H and O–H groups in total. The van der Waals surface area contributed by atoms with E-state index in [2.05, 4.69) is 0 Å². The van der Waals surface area contributed by atoms with Crippen LogP contribution in [0.25, 0.3) is 0 Å². The Morgan fingerprint density at radius 2 is 2.17 bits per heavy atom. The molecule has 3 rings (SSSR count). The van der Waals surface area contributed by atoms with Crippen molar-refractivity contribution in [1.29, 1.82) is 0 Å². The highest BCUT2D eigenvalue weighted by Crippen LogP contribution is 2.29. The lowest BCUT2D eigenvalue weighted by Gasteiger charge is -2.46. The third-order valence-electron chi connectivity index (χ3n) is 3.38. The van der Waals surface area contributed by atoms with Crippen molar-refractivity contribution in [3.8, 4) is 0 Å². The molecule has 0 radical (unpaired) electrons. The molecule has 1 aromatic carbocycles. The number of likely N-dealkylation sites (N-methyl/N-ethyl adjacent to an activating group) is 1. The average Bonchev–Trinajstić information content (AvgIpc) is 2.43. The van der Waals surface area contributed by atoms with Gasteiger partial charge in [-0.05, 0) is 19.1 Å². The fourth-order valence-corrected chi connectivity index (χ4v) is 2.42. The van der Waals surface area contributed by atoms with Gasteiger partial charge in [0.1, 0.15) is 12.2 Å². The SMILES string of the molecule is [2H]N1c2ccccc2C(=O)N2[C@@H](C)C(=O)N(C)C[C@@]12[2H]. The quantitative estimate of drug-likeness (QED) is 0.735. The molecule has 1 aromatic rings. The Kier molecular flexibility index (Phi) is 1.86. The fraction of sp³-hybridized carbons (Fsp3) is 0.385. The number of hydrogen-bond donors (Lipinski definition) is 1. The first-order valence-corrected chi connectivity index (χ1v) is 5.84. The number of nitrogens with zero attached hydrogens (tertiary/aromatic N) is 2. The number of fused-ring (bicyclic) bond motifs is 2. The third-order valence-corrected chi connectivity index (χ3v) is 3.38. The lowest BCUT2D eigenvalue weighted by Crippen LogP contribution is -2.65. The monoisotopic (exact) mass is 247 g/mol. The number of amides is 2. The smallest absolute Gasteiger partial charge is 0.258 e. The molecular weight excluding hydrogens is 230 g/mol. The van der Waals surface area contributed by atoms with E-state index >= 15 is 0 Å². The lowest BCUT2D eigenvalue weighted by atomic mass is 10.0. The molecule has 0 saturated carbocycles. The predicted octanol–water partition coefficient (Wildman–Crippen LogP) is 0.741. The van der Waals surface area contributed by atoms with Gasteiger partial charge in [-0.25, -0.2) is 0 Å². The van der Waals surface area contributed by atoms with Crippen molar-refractivity contribution in [2.45, 2.75) is 19.1 Å². The van der Waals surface area contributed by atoms with E-state index in [0.717, 1.165) is 5.31 Å². The molecule has 5 nitrogen and oxygen atoms in total. The van der Waals surface area contributed by atoms with E-state index in [4.69, 9.17) is 2.78 Å². The van der Waals surface area contributed by atoms with E-state index < -0.39 is 12.2 Å². The van der Waals surface area contributed by atoms with Crippen molar-refractivity contribution in [1.82, 2.24) is 9.80 Å². The molecule has 2 amide bonds. The van der Waals surface area contributed by atoms with Gasteiger partial charge < -0.3 is 15.1 Å². The van der Waals surface area contributed by atoms with Crippen molar-refractivity contribution >= 4 is 17.5 Å². The van der Waals surface area contributed by atoms with Crippen LogP contribution in [0.1, 0.15) is 18.7 Å². The summed E-state index contributed by atoms with van der Waals surface area (Å²) >= 11 is 0. The summed E-state index contributed by atoms with van der Waals surface area (Å²) < 4.78 is 16.8. The molecular formula is C13H15N3O2. The summed E-state index contributed by atoms with van der Waals surface area (Å²) in [5.74, 6) is -0.581. The van der Waals surface area contributed by atoms with Gasteiger partial charge in [0.15, 0.2) is 1.41 Å². The summed E-state index contributed by atoms with van der Waals surface area (Å²) in [5, 5.41) is 1.02. The molecule has 0 aliphatic carbocycles. The number of carbonyl (C=O) groups excluding carboxylic acids is 2. The average molecular weight is 247 g/mol. The number of para-hydroxylation sites is 1. The molecule has 18 heavy (non-hydrogen) atoms. The number of piperazine rings is 1. The van der Waals surface area contributed by atoms with Crippen LogP contribution in [0.4, 0.5) is 5.69 Å². The van der Waals surface area contributed by atoms with E-state index in [0.29, 0.717) is 11.3 Å². The van der Waals surface area contributed by atoms with E-state index in [-0.39, 0.29) is 18.4 Å². The number of benzene rings is 1. The van der Waals surface area contributed by atoms with Crippen molar-refractivity contribution in [3.63, 3.8) is 0 Å². The van der Waals surface area contributed by atoms with Gasteiger partial charge in [-0.2, -0.15) is 0 Å². The summed E-state index contributed by atoms with van der Waals surface area (Å²) in [6, 6.07) is 5.96. The third kappa shape index (κ3) is 1.40. The molecule has 2 aliphatic heterocycles. The van der Waals surface area contributed by atoms with Gasteiger partial charge in [0.2, 0.25) is 5.91 Å². The Morgan fingerprint density at radius 3 is 2.94 bits per heavy atom. The fourth-order valence-electron chi connectivity index (χ4n) is 2.42. The second-order valence-corrected chi connectivity index (χ2v) is 4.59.